The van der Waals surface area contributed by atoms with Crippen molar-refractivity contribution in [3.05, 3.63) is 35.4 Å². The van der Waals surface area contributed by atoms with Gasteiger partial charge in [-0.15, -0.1) is 0 Å². The van der Waals surface area contributed by atoms with Gasteiger partial charge < -0.3 is 5.32 Å². The predicted octanol–water partition coefficient (Wildman–Crippen LogP) is 3.86. The molecule has 2 unspecified atom stereocenters. The van der Waals surface area contributed by atoms with Crippen LogP contribution in [0, 0.1) is 23.2 Å². The average Bonchev–Trinajstić information content (AvgIpc) is 2.45. The van der Waals surface area contributed by atoms with E-state index in [1.165, 1.54) is 25.7 Å². The van der Waals surface area contributed by atoms with E-state index in [-0.39, 0.29) is 0 Å². The van der Waals surface area contributed by atoms with Crippen molar-refractivity contribution in [3.8, 4) is 6.07 Å². The van der Waals surface area contributed by atoms with Gasteiger partial charge in [-0.3, -0.25) is 0 Å². The molecule has 1 saturated carbocycles. The van der Waals surface area contributed by atoms with Crippen LogP contribution in [0.5, 0.6) is 0 Å². The first-order valence-electron chi connectivity index (χ1n) is 7.43. The van der Waals surface area contributed by atoms with Crippen molar-refractivity contribution in [1.29, 1.82) is 5.26 Å². The van der Waals surface area contributed by atoms with Crippen molar-refractivity contribution >= 4 is 0 Å². The number of rotatable bonds is 4. The fraction of sp³-hybridized carbons (Fsp3) is 0.588. The lowest BCUT2D eigenvalue weighted by Gasteiger charge is -2.35. The maximum absolute atomic E-state index is 9.12. The molecule has 1 N–H and O–H groups in total. The van der Waals surface area contributed by atoms with Gasteiger partial charge >= 0.3 is 0 Å². The summed E-state index contributed by atoms with van der Waals surface area (Å²) in [6.07, 6.45) is 5.32. The summed E-state index contributed by atoms with van der Waals surface area (Å²) < 4.78 is 0. The molecule has 2 rings (SSSR count). The molecule has 1 aliphatic carbocycles. The highest BCUT2D eigenvalue weighted by Crippen LogP contribution is 2.30. The zero-order valence-corrected chi connectivity index (χ0v) is 12.0. The van der Waals surface area contributed by atoms with Crippen LogP contribution in [-0.2, 0) is 6.54 Å². The summed E-state index contributed by atoms with van der Waals surface area (Å²) in [7, 11) is 0. The number of nitriles is 1. The molecule has 0 spiro atoms. The summed E-state index contributed by atoms with van der Waals surface area (Å²) in [5.41, 5.74) is 1.92. The van der Waals surface area contributed by atoms with Gasteiger partial charge in [-0.05, 0) is 36.3 Å². The number of nitrogens with one attached hydrogen (secondary N) is 1. The molecule has 2 heteroatoms. The van der Waals surface area contributed by atoms with Gasteiger partial charge in [0.2, 0.25) is 0 Å². The van der Waals surface area contributed by atoms with Crippen molar-refractivity contribution in [2.75, 3.05) is 0 Å². The smallest absolute Gasteiger partial charge is 0.0995 e. The number of hydrogen-bond acceptors (Lipinski definition) is 2. The lowest BCUT2D eigenvalue weighted by atomic mass is 9.78. The molecule has 0 saturated heterocycles. The van der Waals surface area contributed by atoms with E-state index in [0.29, 0.717) is 6.04 Å². The van der Waals surface area contributed by atoms with Crippen LogP contribution in [0.2, 0.25) is 0 Å². The van der Waals surface area contributed by atoms with Gasteiger partial charge in [-0.25, -0.2) is 0 Å². The molecule has 0 heterocycles. The molecular formula is C17H24N2. The van der Waals surface area contributed by atoms with Crippen LogP contribution in [0.1, 0.15) is 50.7 Å². The Balaban J connectivity index is 1.99. The summed E-state index contributed by atoms with van der Waals surface area (Å²) >= 11 is 0. The highest BCUT2D eigenvalue weighted by molar-refractivity contribution is 5.37. The van der Waals surface area contributed by atoms with E-state index in [1.54, 1.807) is 0 Å². The zero-order valence-electron chi connectivity index (χ0n) is 12.0. The normalized spacial score (nSPS) is 23.3. The van der Waals surface area contributed by atoms with Crippen LogP contribution >= 0.6 is 0 Å². The summed E-state index contributed by atoms with van der Waals surface area (Å²) in [5, 5.41) is 12.8. The van der Waals surface area contributed by atoms with Gasteiger partial charge in [0.1, 0.15) is 0 Å². The standard InChI is InChI=1S/C17H24N2/c1-13(2)16-9-5-6-10-17(16)19-12-15-8-4-3-7-14(15)11-18/h3-4,7-8,13,16-17,19H,5-6,9-10,12H2,1-2H3. The van der Waals surface area contributed by atoms with E-state index in [9.17, 15) is 0 Å². The topological polar surface area (TPSA) is 35.8 Å². The average molecular weight is 256 g/mol. The Kier molecular flexibility index (Phi) is 4.99. The molecule has 0 aromatic heterocycles. The quantitative estimate of drug-likeness (QED) is 0.888. The van der Waals surface area contributed by atoms with Gasteiger partial charge in [-0.1, -0.05) is 44.9 Å². The van der Waals surface area contributed by atoms with Gasteiger partial charge in [0.05, 0.1) is 11.6 Å². The van der Waals surface area contributed by atoms with Crippen LogP contribution < -0.4 is 5.32 Å². The third-order valence-corrected chi connectivity index (χ3v) is 4.37. The Morgan fingerprint density at radius 1 is 1.26 bits per heavy atom. The van der Waals surface area contributed by atoms with E-state index >= 15 is 0 Å². The molecule has 1 aliphatic rings. The molecular weight excluding hydrogens is 232 g/mol. The van der Waals surface area contributed by atoms with Crippen LogP contribution in [0.25, 0.3) is 0 Å². The molecule has 0 aliphatic heterocycles. The SMILES string of the molecule is CC(C)C1CCCCC1NCc1ccccc1C#N. The summed E-state index contributed by atoms with van der Waals surface area (Å²) in [6, 6.07) is 10.8. The van der Waals surface area contributed by atoms with Crippen molar-refractivity contribution in [3.63, 3.8) is 0 Å². The highest BCUT2D eigenvalue weighted by atomic mass is 14.9. The number of hydrogen-bond donors (Lipinski definition) is 1. The monoisotopic (exact) mass is 256 g/mol. The molecule has 1 fully saturated rings. The second-order valence-corrected chi connectivity index (χ2v) is 5.95. The fourth-order valence-corrected chi connectivity index (χ4v) is 3.24. The highest BCUT2D eigenvalue weighted by Gasteiger charge is 2.26. The van der Waals surface area contributed by atoms with Crippen LogP contribution in [0.4, 0.5) is 0 Å². The van der Waals surface area contributed by atoms with Crippen molar-refractivity contribution in [2.24, 2.45) is 11.8 Å². The van der Waals surface area contributed by atoms with E-state index < -0.39 is 0 Å². The summed E-state index contributed by atoms with van der Waals surface area (Å²) in [5.74, 6) is 1.52. The molecule has 19 heavy (non-hydrogen) atoms. The Morgan fingerprint density at radius 2 is 2.00 bits per heavy atom. The lowest BCUT2D eigenvalue weighted by Crippen LogP contribution is -2.40. The molecule has 102 valence electrons. The van der Waals surface area contributed by atoms with Crippen LogP contribution in [0.15, 0.2) is 24.3 Å². The first-order valence-corrected chi connectivity index (χ1v) is 7.43. The maximum Gasteiger partial charge on any atom is 0.0995 e. The minimum Gasteiger partial charge on any atom is -0.310 e. The van der Waals surface area contributed by atoms with Crippen LogP contribution in [0.3, 0.4) is 0 Å². The van der Waals surface area contributed by atoms with Crippen molar-refractivity contribution in [1.82, 2.24) is 5.32 Å². The largest absolute Gasteiger partial charge is 0.310 e. The molecule has 1 aromatic rings. The van der Waals surface area contributed by atoms with E-state index in [4.69, 9.17) is 5.26 Å². The first kappa shape index (κ1) is 14.1. The third-order valence-electron chi connectivity index (χ3n) is 4.37. The zero-order chi connectivity index (χ0) is 13.7. The van der Waals surface area contributed by atoms with Gasteiger partial charge in [-0.2, -0.15) is 5.26 Å². The predicted molar refractivity (Wildman–Crippen MR) is 78.6 cm³/mol. The lowest BCUT2D eigenvalue weighted by molar-refractivity contribution is 0.204. The van der Waals surface area contributed by atoms with Gasteiger partial charge in [0.25, 0.3) is 0 Å². The fourth-order valence-electron chi connectivity index (χ4n) is 3.24. The Bertz CT molecular complexity index is 445. The second kappa shape index (κ2) is 6.73. The minimum absolute atomic E-state index is 0.612. The van der Waals surface area contributed by atoms with Gasteiger partial charge in [0.15, 0.2) is 0 Å². The molecule has 0 amide bonds. The molecule has 1 aromatic carbocycles. The third kappa shape index (κ3) is 3.58. The first-order chi connectivity index (χ1) is 9.22. The van der Waals surface area contributed by atoms with E-state index in [0.717, 1.165) is 29.5 Å². The summed E-state index contributed by atoms with van der Waals surface area (Å²) in [4.78, 5) is 0. The van der Waals surface area contributed by atoms with Crippen LogP contribution in [-0.4, -0.2) is 6.04 Å². The number of nitrogens with zero attached hydrogens (tertiary/aromatic N) is 1. The number of benzene rings is 1. The molecule has 2 atom stereocenters. The molecule has 0 bridgehead atoms. The minimum atomic E-state index is 0.612. The molecule has 2 nitrogen and oxygen atoms in total. The summed E-state index contributed by atoms with van der Waals surface area (Å²) in [6.45, 7) is 5.47. The Morgan fingerprint density at radius 3 is 2.74 bits per heavy atom. The van der Waals surface area contributed by atoms with Crippen molar-refractivity contribution in [2.45, 2.75) is 52.1 Å². The Hall–Kier alpha value is -1.33. The van der Waals surface area contributed by atoms with E-state index in [1.807, 2.05) is 18.2 Å². The van der Waals surface area contributed by atoms with Crippen molar-refractivity contribution < 1.29 is 0 Å². The maximum atomic E-state index is 9.12. The Labute approximate surface area is 116 Å². The van der Waals surface area contributed by atoms with Gasteiger partial charge in [0, 0.05) is 12.6 Å². The second-order valence-electron chi connectivity index (χ2n) is 5.95. The van der Waals surface area contributed by atoms with E-state index in [2.05, 4.69) is 31.3 Å². The molecule has 0 radical (unpaired) electrons.